The third kappa shape index (κ3) is 5.78. The van der Waals surface area contributed by atoms with Crippen molar-refractivity contribution in [1.29, 1.82) is 0 Å². The average Bonchev–Trinajstić information content (AvgIpc) is 3.23. The number of nitrogens with two attached hydrogens (primary N) is 1. The van der Waals surface area contributed by atoms with Gasteiger partial charge in [-0.05, 0) is 50.2 Å². The van der Waals surface area contributed by atoms with Crippen molar-refractivity contribution in [2.45, 2.75) is 25.3 Å². The van der Waals surface area contributed by atoms with Crippen molar-refractivity contribution in [3.05, 3.63) is 42.4 Å². The van der Waals surface area contributed by atoms with Crippen LogP contribution in [0.1, 0.15) is 31.1 Å². The first kappa shape index (κ1) is 22.4. The molecule has 1 atom stereocenters. The number of ether oxygens (including phenoxy) is 2. The predicted molar refractivity (Wildman–Crippen MR) is 122 cm³/mol. The quantitative estimate of drug-likeness (QED) is 0.341. The first-order chi connectivity index (χ1) is 13.2. The lowest BCUT2D eigenvalue weighted by Crippen LogP contribution is -2.36. The van der Waals surface area contributed by atoms with Crippen molar-refractivity contribution in [2.24, 2.45) is 10.7 Å². The minimum absolute atomic E-state index is 0. The van der Waals surface area contributed by atoms with Gasteiger partial charge in [0.05, 0.1) is 38.8 Å². The molecule has 1 aliphatic rings. The Kier molecular flexibility index (Phi) is 8.91. The summed E-state index contributed by atoms with van der Waals surface area (Å²) in [5, 5.41) is 3.11. The molecule has 0 aliphatic carbocycles. The van der Waals surface area contributed by atoms with E-state index in [2.05, 4.69) is 15.2 Å². The summed E-state index contributed by atoms with van der Waals surface area (Å²) in [4.78, 5) is 6.99. The number of methoxy groups -OCH3 is 2. The highest BCUT2D eigenvalue weighted by Crippen LogP contribution is 2.29. The van der Waals surface area contributed by atoms with Crippen molar-refractivity contribution < 1.29 is 13.9 Å². The third-order valence-corrected chi connectivity index (χ3v) is 4.81. The first-order valence-electron chi connectivity index (χ1n) is 9.27. The summed E-state index contributed by atoms with van der Waals surface area (Å²) in [5.74, 6) is 2.64. The van der Waals surface area contributed by atoms with Crippen molar-refractivity contribution in [3.8, 4) is 11.5 Å². The van der Waals surface area contributed by atoms with E-state index in [1.54, 1.807) is 20.5 Å². The fraction of sp³-hybridized carbons (Fsp3) is 0.450. The van der Waals surface area contributed by atoms with Crippen LogP contribution in [0.5, 0.6) is 11.5 Å². The third-order valence-electron chi connectivity index (χ3n) is 4.81. The number of likely N-dealkylation sites (tertiary alicyclic amines) is 1. The largest absolute Gasteiger partial charge is 0.497 e. The Bertz CT molecular complexity index is 746. The minimum Gasteiger partial charge on any atom is -0.497 e. The van der Waals surface area contributed by atoms with E-state index < -0.39 is 0 Å². The zero-order valence-electron chi connectivity index (χ0n) is 16.4. The number of halogens is 1. The summed E-state index contributed by atoms with van der Waals surface area (Å²) in [6.07, 6.45) is 5.40. The van der Waals surface area contributed by atoms with Crippen molar-refractivity contribution in [3.63, 3.8) is 0 Å². The van der Waals surface area contributed by atoms with Crippen LogP contribution in [0.2, 0.25) is 0 Å². The smallest absolute Gasteiger partial charge is 0.193 e. The van der Waals surface area contributed by atoms with Crippen LogP contribution in [0.25, 0.3) is 0 Å². The number of aliphatic imine (C=N–C) groups is 1. The fourth-order valence-electron chi connectivity index (χ4n) is 3.37. The van der Waals surface area contributed by atoms with E-state index in [-0.39, 0.29) is 30.0 Å². The summed E-state index contributed by atoms with van der Waals surface area (Å²) in [7, 11) is 3.24. The van der Waals surface area contributed by atoms with Gasteiger partial charge in [0, 0.05) is 6.07 Å². The lowest BCUT2D eigenvalue weighted by Gasteiger charge is -2.32. The minimum atomic E-state index is 0. The molecule has 3 rings (SSSR count). The zero-order valence-corrected chi connectivity index (χ0v) is 18.7. The van der Waals surface area contributed by atoms with Gasteiger partial charge >= 0.3 is 0 Å². The standard InChI is InChI=1S/C20H28N4O3.HI/c1-25-15-8-9-18(26-2)16(13-15)23-20(21)22-14-17(19-7-6-12-27-19)24-10-4-3-5-11-24;/h6-9,12-13,17H,3-5,10-11,14H2,1-2H3,(H3,21,22,23);1H. The van der Waals surface area contributed by atoms with Crippen LogP contribution in [0, 0.1) is 0 Å². The molecule has 1 aromatic heterocycles. The summed E-state index contributed by atoms with van der Waals surface area (Å²) in [5.41, 5.74) is 6.86. The highest BCUT2D eigenvalue weighted by Gasteiger charge is 2.24. The van der Waals surface area contributed by atoms with Gasteiger partial charge < -0.3 is 24.9 Å². The molecule has 0 bridgehead atoms. The molecule has 7 nitrogen and oxygen atoms in total. The number of guanidine groups is 1. The van der Waals surface area contributed by atoms with Crippen molar-refractivity contribution >= 4 is 35.6 Å². The number of furan rings is 1. The molecule has 3 N–H and O–H groups in total. The maximum Gasteiger partial charge on any atom is 0.193 e. The Morgan fingerprint density at radius 1 is 1.21 bits per heavy atom. The number of hydrogen-bond acceptors (Lipinski definition) is 5. The summed E-state index contributed by atoms with van der Waals surface area (Å²) in [6.45, 7) is 2.63. The van der Waals surface area contributed by atoms with E-state index in [0.29, 0.717) is 29.7 Å². The topological polar surface area (TPSA) is 85.2 Å². The fourth-order valence-corrected chi connectivity index (χ4v) is 3.37. The van der Waals surface area contributed by atoms with Gasteiger partial charge in [-0.1, -0.05) is 6.42 Å². The number of nitrogens with zero attached hydrogens (tertiary/aromatic N) is 2. The molecule has 2 heterocycles. The molecule has 0 amide bonds. The number of rotatable bonds is 7. The van der Waals surface area contributed by atoms with Crippen molar-refractivity contribution in [1.82, 2.24) is 4.90 Å². The van der Waals surface area contributed by atoms with Gasteiger partial charge in [0.1, 0.15) is 17.3 Å². The van der Waals surface area contributed by atoms with Gasteiger partial charge in [0.2, 0.25) is 0 Å². The van der Waals surface area contributed by atoms with E-state index in [1.165, 1.54) is 19.3 Å². The highest BCUT2D eigenvalue weighted by atomic mass is 127. The highest BCUT2D eigenvalue weighted by molar-refractivity contribution is 14.0. The maximum atomic E-state index is 6.15. The number of anilines is 1. The van der Waals surface area contributed by atoms with E-state index in [1.807, 2.05) is 30.3 Å². The van der Waals surface area contributed by atoms with Crippen LogP contribution in [0.15, 0.2) is 46.0 Å². The molecule has 154 valence electrons. The van der Waals surface area contributed by atoms with Gasteiger partial charge in [-0.3, -0.25) is 9.89 Å². The Labute approximate surface area is 183 Å². The summed E-state index contributed by atoms with van der Waals surface area (Å²) < 4.78 is 16.3. The lowest BCUT2D eigenvalue weighted by molar-refractivity contribution is 0.150. The van der Waals surface area contributed by atoms with Gasteiger partial charge in [-0.15, -0.1) is 24.0 Å². The second-order valence-electron chi connectivity index (χ2n) is 6.54. The first-order valence-corrected chi connectivity index (χ1v) is 9.27. The molecule has 0 radical (unpaired) electrons. The Morgan fingerprint density at radius 3 is 2.64 bits per heavy atom. The number of piperidine rings is 1. The molecule has 1 fully saturated rings. The Balaban J connectivity index is 0.00000280. The molecule has 0 spiro atoms. The molecule has 8 heteroatoms. The zero-order chi connectivity index (χ0) is 19.1. The van der Waals surface area contributed by atoms with Crippen LogP contribution in [0.4, 0.5) is 5.69 Å². The van der Waals surface area contributed by atoms with Gasteiger partial charge in [-0.2, -0.15) is 0 Å². The summed E-state index contributed by atoms with van der Waals surface area (Å²) >= 11 is 0. The monoisotopic (exact) mass is 500 g/mol. The van der Waals surface area contributed by atoms with Crippen LogP contribution in [-0.4, -0.2) is 44.7 Å². The van der Waals surface area contributed by atoms with Gasteiger partial charge in [0.15, 0.2) is 5.96 Å². The maximum absolute atomic E-state index is 6.15. The van der Waals surface area contributed by atoms with E-state index in [4.69, 9.17) is 19.6 Å². The average molecular weight is 500 g/mol. The SMILES string of the molecule is COc1ccc(OC)c(NC(N)=NCC(c2ccco2)N2CCCCC2)c1.I. The van der Waals surface area contributed by atoms with Crippen LogP contribution in [-0.2, 0) is 0 Å². The Morgan fingerprint density at radius 2 is 2.00 bits per heavy atom. The molecule has 0 saturated carbocycles. The molecule has 1 aromatic carbocycles. The lowest BCUT2D eigenvalue weighted by atomic mass is 10.1. The van der Waals surface area contributed by atoms with Gasteiger partial charge in [-0.25, -0.2) is 0 Å². The summed E-state index contributed by atoms with van der Waals surface area (Å²) in [6, 6.07) is 9.50. The molecule has 1 aliphatic heterocycles. The van der Waals surface area contributed by atoms with E-state index in [9.17, 15) is 0 Å². The predicted octanol–water partition coefficient (Wildman–Crippen LogP) is 3.87. The number of nitrogens with one attached hydrogen (secondary N) is 1. The van der Waals surface area contributed by atoms with E-state index >= 15 is 0 Å². The van der Waals surface area contributed by atoms with Gasteiger partial charge in [0.25, 0.3) is 0 Å². The molecular formula is C20H29IN4O3. The molecule has 2 aromatic rings. The van der Waals surface area contributed by atoms with Crippen LogP contribution >= 0.6 is 24.0 Å². The normalized spacial score (nSPS) is 16.1. The second kappa shape index (κ2) is 11.2. The van der Waals surface area contributed by atoms with Crippen LogP contribution < -0.4 is 20.5 Å². The molecule has 28 heavy (non-hydrogen) atoms. The van der Waals surface area contributed by atoms with Crippen LogP contribution in [0.3, 0.4) is 0 Å². The van der Waals surface area contributed by atoms with Crippen molar-refractivity contribution in [2.75, 3.05) is 39.2 Å². The number of benzene rings is 1. The molecule has 1 unspecified atom stereocenters. The second-order valence-corrected chi connectivity index (χ2v) is 6.54. The van der Waals surface area contributed by atoms with E-state index in [0.717, 1.165) is 18.8 Å². The molecule has 1 saturated heterocycles. The molecular weight excluding hydrogens is 471 g/mol. The Hall–Kier alpha value is -1.94. The number of hydrogen-bond donors (Lipinski definition) is 2.